The van der Waals surface area contributed by atoms with Crippen LogP contribution in [-0.4, -0.2) is 29.7 Å². The molecule has 1 amide bonds. The summed E-state index contributed by atoms with van der Waals surface area (Å²) in [6.07, 6.45) is 6.92. The Labute approximate surface area is 164 Å². The van der Waals surface area contributed by atoms with Gasteiger partial charge in [-0.3, -0.25) is 4.79 Å². The summed E-state index contributed by atoms with van der Waals surface area (Å²) in [6.45, 7) is 2.37. The number of hydrogen-bond donors (Lipinski definition) is 1. The molecule has 1 N–H and O–H groups in total. The van der Waals surface area contributed by atoms with Gasteiger partial charge in [0.25, 0.3) is 0 Å². The van der Waals surface area contributed by atoms with Crippen molar-refractivity contribution in [2.24, 2.45) is 0 Å². The standard InChI is InChI=1S/C22H23N3O3/c1-16-23-12-13-25(16)19-7-5-4-6-18(19)15-24-22(26)11-9-17-8-10-20(27-2)21(14-17)28-3/h4-14H,15H2,1-3H3,(H,24,26)/b11-9+. The number of rotatable bonds is 7. The number of hydrogen-bond acceptors (Lipinski definition) is 4. The molecular weight excluding hydrogens is 354 g/mol. The molecule has 0 atom stereocenters. The van der Waals surface area contributed by atoms with Gasteiger partial charge < -0.3 is 19.4 Å². The third-order valence-corrected chi connectivity index (χ3v) is 4.36. The molecule has 0 radical (unpaired) electrons. The maximum atomic E-state index is 12.3. The second-order valence-electron chi connectivity index (χ2n) is 6.14. The van der Waals surface area contributed by atoms with Crippen molar-refractivity contribution in [2.75, 3.05) is 14.2 Å². The van der Waals surface area contributed by atoms with Crippen LogP contribution in [0.2, 0.25) is 0 Å². The Morgan fingerprint density at radius 1 is 1.14 bits per heavy atom. The van der Waals surface area contributed by atoms with E-state index in [1.807, 2.05) is 54.1 Å². The van der Waals surface area contributed by atoms with Crippen molar-refractivity contribution in [3.8, 4) is 17.2 Å². The van der Waals surface area contributed by atoms with Gasteiger partial charge in [0.1, 0.15) is 5.82 Å². The lowest BCUT2D eigenvalue weighted by Crippen LogP contribution is -2.21. The molecule has 0 bridgehead atoms. The second-order valence-corrected chi connectivity index (χ2v) is 6.14. The van der Waals surface area contributed by atoms with Crippen LogP contribution in [0.15, 0.2) is 60.9 Å². The first-order chi connectivity index (χ1) is 13.6. The van der Waals surface area contributed by atoms with Gasteiger partial charge in [-0.15, -0.1) is 0 Å². The topological polar surface area (TPSA) is 65.4 Å². The van der Waals surface area contributed by atoms with Crippen LogP contribution in [0.3, 0.4) is 0 Å². The molecular formula is C22H23N3O3. The quantitative estimate of drug-likeness (QED) is 0.640. The number of carbonyl (C=O) groups excluding carboxylic acids is 1. The van der Waals surface area contributed by atoms with Gasteiger partial charge in [0.15, 0.2) is 11.5 Å². The summed E-state index contributed by atoms with van der Waals surface area (Å²) in [5.41, 5.74) is 2.86. The van der Waals surface area contributed by atoms with E-state index >= 15 is 0 Å². The summed E-state index contributed by atoms with van der Waals surface area (Å²) in [5.74, 6) is 1.99. The number of benzene rings is 2. The fourth-order valence-electron chi connectivity index (χ4n) is 2.90. The summed E-state index contributed by atoms with van der Waals surface area (Å²) in [7, 11) is 3.17. The van der Waals surface area contributed by atoms with Gasteiger partial charge in [-0.25, -0.2) is 4.98 Å². The van der Waals surface area contributed by atoms with Gasteiger partial charge in [-0.2, -0.15) is 0 Å². The number of aromatic nitrogens is 2. The number of carbonyl (C=O) groups is 1. The predicted octanol–water partition coefficient (Wildman–Crippen LogP) is 3.53. The fourth-order valence-corrected chi connectivity index (χ4v) is 2.90. The van der Waals surface area contributed by atoms with E-state index in [0.29, 0.717) is 18.0 Å². The number of aryl methyl sites for hydroxylation is 1. The molecule has 6 nitrogen and oxygen atoms in total. The molecule has 3 aromatic rings. The molecule has 0 saturated carbocycles. The molecule has 28 heavy (non-hydrogen) atoms. The van der Waals surface area contributed by atoms with Crippen LogP contribution in [0.1, 0.15) is 17.0 Å². The SMILES string of the molecule is COc1ccc(/C=C/C(=O)NCc2ccccc2-n2ccnc2C)cc1OC. The zero-order valence-electron chi connectivity index (χ0n) is 16.2. The molecule has 0 aliphatic rings. The predicted molar refractivity (Wildman–Crippen MR) is 109 cm³/mol. The average Bonchev–Trinajstić information content (AvgIpc) is 3.16. The van der Waals surface area contributed by atoms with Crippen molar-refractivity contribution < 1.29 is 14.3 Å². The van der Waals surface area contributed by atoms with Crippen LogP contribution >= 0.6 is 0 Å². The molecule has 6 heteroatoms. The van der Waals surface area contributed by atoms with Gasteiger partial charge in [-0.05, 0) is 42.3 Å². The van der Waals surface area contributed by atoms with Crippen molar-refractivity contribution in [3.63, 3.8) is 0 Å². The van der Waals surface area contributed by atoms with Gasteiger partial charge in [0, 0.05) is 25.0 Å². The van der Waals surface area contributed by atoms with Crippen LogP contribution in [-0.2, 0) is 11.3 Å². The number of methoxy groups -OCH3 is 2. The molecule has 1 aromatic heterocycles. The van der Waals surface area contributed by atoms with Crippen molar-refractivity contribution in [1.29, 1.82) is 0 Å². The molecule has 1 heterocycles. The molecule has 0 spiro atoms. The summed E-state index contributed by atoms with van der Waals surface area (Å²) in [4.78, 5) is 16.5. The molecule has 0 aliphatic heterocycles. The minimum Gasteiger partial charge on any atom is -0.493 e. The summed E-state index contributed by atoms with van der Waals surface area (Å²) < 4.78 is 12.5. The number of nitrogens with one attached hydrogen (secondary N) is 1. The largest absolute Gasteiger partial charge is 0.493 e. The third kappa shape index (κ3) is 4.40. The van der Waals surface area contributed by atoms with Crippen molar-refractivity contribution in [1.82, 2.24) is 14.9 Å². The lowest BCUT2D eigenvalue weighted by molar-refractivity contribution is -0.116. The Morgan fingerprint density at radius 3 is 2.64 bits per heavy atom. The minimum atomic E-state index is -0.174. The Hall–Kier alpha value is -3.54. The number of amides is 1. The molecule has 0 saturated heterocycles. The highest BCUT2D eigenvalue weighted by molar-refractivity contribution is 5.91. The number of nitrogens with zero attached hydrogens (tertiary/aromatic N) is 2. The van der Waals surface area contributed by atoms with E-state index in [4.69, 9.17) is 9.47 Å². The molecule has 3 rings (SSSR count). The van der Waals surface area contributed by atoms with Gasteiger partial charge in [0.05, 0.1) is 19.9 Å². The third-order valence-electron chi connectivity index (χ3n) is 4.36. The minimum absolute atomic E-state index is 0.174. The summed E-state index contributed by atoms with van der Waals surface area (Å²) >= 11 is 0. The van der Waals surface area contributed by atoms with E-state index < -0.39 is 0 Å². The Bertz CT molecular complexity index is 992. The van der Waals surface area contributed by atoms with E-state index in [1.54, 1.807) is 32.6 Å². The van der Waals surface area contributed by atoms with Gasteiger partial charge >= 0.3 is 0 Å². The normalized spacial score (nSPS) is 10.8. The Balaban J connectivity index is 1.67. The Morgan fingerprint density at radius 2 is 1.93 bits per heavy atom. The number of para-hydroxylation sites is 1. The van der Waals surface area contributed by atoms with E-state index in [0.717, 1.165) is 22.6 Å². The van der Waals surface area contributed by atoms with Crippen LogP contribution in [0.5, 0.6) is 11.5 Å². The maximum Gasteiger partial charge on any atom is 0.244 e. The highest BCUT2D eigenvalue weighted by Crippen LogP contribution is 2.27. The van der Waals surface area contributed by atoms with Crippen molar-refractivity contribution in [3.05, 3.63) is 77.9 Å². The maximum absolute atomic E-state index is 12.3. The molecule has 144 valence electrons. The first-order valence-corrected chi connectivity index (χ1v) is 8.88. The Kier molecular flexibility index (Phi) is 6.11. The zero-order valence-corrected chi connectivity index (χ0v) is 16.2. The monoisotopic (exact) mass is 377 g/mol. The van der Waals surface area contributed by atoms with Gasteiger partial charge in [0.2, 0.25) is 5.91 Å². The van der Waals surface area contributed by atoms with Crippen LogP contribution in [0.4, 0.5) is 0 Å². The van der Waals surface area contributed by atoms with Crippen LogP contribution < -0.4 is 14.8 Å². The highest BCUT2D eigenvalue weighted by atomic mass is 16.5. The lowest BCUT2D eigenvalue weighted by atomic mass is 10.1. The average molecular weight is 377 g/mol. The number of ether oxygens (including phenoxy) is 2. The van der Waals surface area contributed by atoms with E-state index in [9.17, 15) is 4.79 Å². The second kappa shape index (κ2) is 8.90. The first kappa shape index (κ1) is 19.2. The lowest BCUT2D eigenvalue weighted by Gasteiger charge is -2.12. The van der Waals surface area contributed by atoms with Crippen molar-refractivity contribution >= 4 is 12.0 Å². The van der Waals surface area contributed by atoms with E-state index in [2.05, 4.69) is 10.3 Å². The summed E-state index contributed by atoms with van der Waals surface area (Å²) in [5, 5.41) is 2.93. The van der Waals surface area contributed by atoms with E-state index in [1.165, 1.54) is 6.08 Å². The molecule has 0 fully saturated rings. The zero-order chi connectivity index (χ0) is 19.9. The van der Waals surface area contributed by atoms with E-state index in [-0.39, 0.29) is 5.91 Å². The summed E-state index contributed by atoms with van der Waals surface area (Å²) in [6, 6.07) is 13.4. The first-order valence-electron chi connectivity index (χ1n) is 8.88. The fraction of sp³-hybridized carbons (Fsp3) is 0.182. The number of imidazole rings is 1. The van der Waals surface area contributed by atoms with Crippen molar-refractivity contribution in [2.45, 2.75) is 13.5 Å². The van der Waals surface area contributed by atoms with Crippen LogP contribution in [0, 0.1) is 6.92 Å². The smallest absolute Gasteiger partial charge is 0.244 e. The molecule has 0 aliphatic carbocycles. The van der Waals surface area contributed by atoms with Crippen LogP contribution in [0.25, 0.3) is 11.8 Å². The highest BCUT2D eigenvalue weighted by Gasteiger charge is 2.07. The molecule has 2 aromatic carbocycles. The van der Waals surface area contributed by atoms with Gasteiger partial charge in [-0.1, -0.05) is 24.3 Å². The molecule has 0 unspecified atom stereocenters.